The second kappa shape index (κ2) is 4.25. The quantitative estimate of drug-likeness (QED) is 0.789. The Balaban J connectivity index is 2.63. The smallest absolute Gasteiger partial charge is 0.190 e. The molecule has 2 aromatic rings. The van der Waals surface area contributed by atoms with Gasteiger partial charge in [-0.05, 0) is 51.8 Å². The van der Waals surface area contributed by atoms with Gasteiger partial charge in [0.25, 0.3) is 0 Å². The highest BCUT2D eigenvalue weighted by Crippen LogP contribution is 2.24. The topological polar surface area (TPSA) is 30.7 Å². The van der Waals surface area contributed by atoms with Crippen molar-refractivity contribution in [2.24, 2.45) is 0 Å². The molecule has 0 saturated carbocycles. The third-order valence-corrected chi connectivity index (χ3v) is 3.77. The van der Waals surface area contributed by atoms with E-state index in [9.17, 15) is 4.39 Å². The number of nitrogens with zero attached hydrogens (tertiary/aromatic N) is 3. The first-order valence-corrected chi connectivity index (χ1v) is 6.12. The van der Waals surface area contributed by atoms with E-state index in [1.165, 1.54) is 10.7 Å². The van der Waals surface area contributed by atoms with Gasteiger partial charge in [0.15, 0.2) is 11.6 Å². The lowest BCUT2D eigenvalue weighted by Crippen LogP contribution is -2.04. The summed E-state index contributed by atoms with van der Waals surface area (Å²) >= 11 is 6.56. The molecule has 0 aliphatic rings. The minimum atomic E-state index is -0.410. The number of hydrogen-bond donors (Lipinski definition) is 0. The molecule has 6 heteroatoms. The molecule has 2 aromatic heterocycles. The Kier molecular flexibility index (Phi) is 3.12. The molecule has 2 heterocycles. The van der Waals surface area contributed by atoms with Crippen LogP contribution < -0.4 is 0 Å². The Morgan fingerprint density at radius 3 is 2.50 bits per heavy atom. The number of hydrogen-bond acceptors (Lipinski definition) is 2. The van der Waals surface area contributed by atoms with Crippen molar-refractivity contribution in [3.05, 3.63) is 38.4 Å². The van der Waals surface area contributed by atoms with Gasteiger partial charge in [0.2, 0.25) is 0 Å². The highest BCUT2D eigenvalue weighted by Gasteiger charge is 2.14. The zero-order chi connectivity index (χ0) is 11.9. The molecular formula is C10H8Br2FN3. The first-order valence-electron chi connectivity index (χ1n) is 4.54. The summed E-state index contributed by atoms with van der Waals surface area (Å²) in [6.07, 6.45) is 1.54. The molecule has 0 aliphatic heterocycles. The van der Waals surface area contributed by atoms with Gasteiger partial charge in [-0.15, -0.1) is 0 Å². The van der Waals surface area contributed by atoms with Crippen LogP contribution in [-0.4, -0.2) is 14.8 Å². The SMILES string of the molecule is Cc1nn(-c2ncc(Br)cc2F)c(C)c1Br. The summed E-state index contributed by atoms with van der Waals surface area (Å²) in [5.74, 6) is -0.207. The normalized spacial score (nSPS) is 10.8. The fourth-order valence-corrected chi connectivity index (χ4v) is 1.94. The van der Waals surface area contributed by atoms with Gasteiger partial charge in [-0.25, -0.2) is 14.1 Å². The van der Waals surface area contributed by atoms with Gasteiger partial charge in [-0.3, -0.25) is 0 Å². The summed E-state index contributed by atoms with van der Waals surface area (Å²) in [6.45, 7) is 3.71. The summed E-state index contributed by atoms with van der Waals surface area (Å²) in [7, 11) is 0. The molecule has 0 atom stereocenters. The lowest BCUT2D eigenvalue weighted by atomic mass is 10.4. The molecule has 84 valence electrons. The number of aryl methyl sites for hydroxylation is 1. The van der Waals surface area contributed by atoms with E-state index in [0.717, 1.165) is 15.9 Å². The largest absolute Gasteiger partial charge is 0.233 e. The van der Waals surface area contributed by atoms with Crippen LogP contribution in [0.2, 0.25) is 0 Å². The molecule has 0 fully saturated rings. The standard InChI is InChI=1S/C10H8Br2FN3/c1-5-9(12)6(2)16(15-5)10-8(13)3-7(11)4-14-10/h3-4H,1-2H3. The van der Waals surface area contributed by atoms with Crippen LogP contribution in [0.5, 0.6) is 0 Å². The maximum Gasteiger partial charge on any atom is 0.190 e. The number of pyridine rings is 1. The van der Waals surface area contributed by atoms with Crippen LogP contribution in [0.4, 0.5) is 4.39 Å². The molecule has 0 saturated heterocycles. The fourth-order valence-electron chi connectivity index (χ4n) is 1.39. The van der Waals surface area contributed by atoms with Crippen LogP contribution >= 0.6 is 31.9 Å². The monoisotopic (exact) mass is 347 g/mol. The van der Waals surface area contributed by atoms with E-state index in [1.807, 2.05) is 13.8 Å². The predicted octanol–water partition coefficient (Wildman–Crippen LogP) is 3.55. The summed E-state index contributed by atoms with van der Waals surface area (Å²) < 4.78 is 16.7. The number of aromatic nitrogens is 3. The lowest BCUT2D eigenvalue weighted by molar-refractivity contribution is 0.596. The first-order chi connectivity index (χ1) is 7.50. The Morgan fingerprint density at radius 1 is 1.31 bits per heavy atom. The average molecular weight is 349 g/mol. The first kappa shape index (κ1) is 11.7. The van der Waals surface area contributed by atoms with Crippen LogP contribution in [-0.2, 0) is 0 Å². The van der Waals surface area contributed by atoms with E-state index in [4.69, 9.17) is 0 Å². The summed E-state index contributed by atoms with van der Waals surface area (Å²) in [5.41, 5.74) is 1.63. The van der Waals surface area contributed by atoms with Gasteiger partial charge in [-0.1, -0.05) is 0 Å². The lowest BCUT2D eigenvalue weighted by Gasteiger charge is -2.04. The van der Waals surface area contributed by atoms with Crippen LogP contribution in [0, 0.1) is 19.7 Å². The van der Waals surface area contributed by atoms with Crippen molar-refractivity contribution < 1.29 is 4.39 Å². The third-order valence-electron chi connectivity index (χ3n) is 2.19. The molecular weight excluding hydrogens is 341 g/mol. The van der Waals surface area contributed by atoms with E-state index in [0.29, 0.717) is 4.47 Å². The van der Waals surface area contributed by atoms with E-state index in [2.05, 4.69) is 41.9 Å². The van der Waals surface area contributed by atoms with E-state index in [1.54, 1.807) is 6.20 Å². The van der Waals surface area contributed by atoms with Gasteiger partial charge in [0.05, 0.1) is 15.9 Å². The van der Waals surface area contributed by atoms with Crippen molar-refractivity contribution in [3.63, 3.8) is 0 Å². The van der Waals surface area contributed by atoms with Gasteiger partial charge in [0.1, 0.15) is 0 Å². The molecule has 3 nitrogen and oxygen atoms in total. The second-order valence-electron chi connectivity index (χ2n) is 3.36. The van der Waals surface area contributed by atoms with Crippen molar-refractivity contribution in [2.45, 2.75) is 13.8 Å². The van der Waals surface area contributed by atoms with Crippen molar-refractivity contribution in [2.75, 3.05) is 0 Å². The Hall–Kier alpha value is -0.750. The molecule has 0 amide bonds. The van der Waals surface area contributed by atoms with Crippen LogP contribution in [0.15, 0.2) is 21.2 Å². The molecule has 0 unspecified atom stereocenters. The molecule has 0 spiro atoms. The summed E-state index contributed by atoms with van der Waals surface area (Å²) in [4.78, 5) is 4.02. The molecule has 2 rings (SSSR count). The second-order valence-corrected chi connectivity index (χ2v) is 5.06. The molecule has 0 N–H and O–H groups in total. The Bertz CT molecular complexity index is 551. The highest BCUT2D eigenvalue weighted by molar-refractivity contribution is 9.10. The Labute approximate surface area is 109 Å². The third kappa shape index (κ3) is 1.91. The van der Waals surface area contributed by atoms with Crippen LogP contribution in [0.25, 0.3) is 5.82 Å². The predicted molar refractivity (Wildman–Crippen MR) is 66.2 cm³/mol. The highest BCUT2D eigenvalue weighted by atomic mass is 79.9. The van der Waals surface area contributed by atoms with Crippen LogP contribution in [0.3, 0.4) is 0 Å². The summed E-state index contributed by atoms with van der Waals surface area (Å²) in [5, 5.41) is 4.22. The number of rotatable bonds is 1. The minimum absolute atomic E-state index is 0.203. The molecule has 0 aromatic carbocycles. The summed E-state index contributed by atoms with van der Waals surface area (Å²) in [6, 6.07) is 1.37. The zero-order valence-electron chi connectivity index (χ0n) is 8.63. The number of halogens is 3. The van der Waals surface area contributed by atoms with Gasteiger partial charge >= 0.3 is 0 Å². The molecule has 0 bridgehead atoms. The molecule has 0 radical (unpaired) electrons. The van der Waals surface area contributed by atoms with E-state index < -0.39 is 5.82 Å². The van der Waals surface area contributed by atoms with Crippen LogP contribution in [0.1, 0.15) is 11.4 Å². The van der Waals surface area contributed by atoms with Gasteiger partial charge in [-0.2, -0.15) is 5.10 Å². The fraction of sp³-hybridized carbons (Fsp3) is 0.200. The maximum absolute atomic E-state index is 13.7. The van der Waals surface area contributed by atoms with Crippen molar-refractivity contribution >= 4 is 31.9 Å². The Morgan fingerprint density at radius 2 is 2.00 bits per heavy atom. The van der Waals surface area contributed by atoms with Gasteiger partial charge < -0.3 is 0 Å². The zero-order valence-corrected chi connectivity index (χ0v) is 11.8. The average Bonchev–Trinajstić information content (AvgIpc) is 2.46. The van der Waals surface area contributed by atoms with Crippen molar-refractivity contribution in [3.8, 4) is 5.82 Å². The molecule has 0 aliphatic carbocycles. The van der Waals surface area contributed by atoms with Crippen molar-refractivity contribution in [1.82, 2.24) is 14.8 Å². The van der Waals surface area contributed by atoms with Crippen molar-refractivity contribution in [1.29, 1.82) is 0 Å². The van der Waals surface area contributed by atoms with E-state index >= 15 is 0 Å². The van der Waals surface area contributed by atoms with Gasteiger partial charge in [0, 0.05) is 10.7 Å². The van der Waals surface area contributed by atoms with E-state index in [-0.39, 0.29) is 5.82 Å². The molecule has 16 heavy (non-hydrogen) atoms. The maximum atomic E-state index is 13.7. The minimum Gasteiger partial charge on any atom is -0.233 e.